The molecule has 0 bridgehead atoms. The van der Waals surface area contributed by atoms with Crippen molar-refractivity contribution in [3.8, 4) is 0 Å². The molecule has 0 heterocycles. The highest BCUT2D eigenvalue weighted by molar-refractivity contribution is 4.57. The maximum atomic E-state index is 8.33. The summed E-state index contributed by atoms with van der Waals surface area (Å²) in [5.74, 6) is 0. The van der Waals surface area contributed by atoms with Crippen LogP contribution in [0.5, 0.6) is 0 Å². The number of hydrogen-bond donors (Lipinski definition) is 2. The van der Waals surface area contributed by atoms with Crippen LogP contribution < -0.4 is 0 Å². The molecule has 3 heteroatoms. The number of ether oxygens (including phenoxy) is 1. The van der Waals surface area contributed by atoms with E-state index in [1.54, 1.807) is 0 Å². The topological polar surface area (TPSA) is 49.7 Å². The van der Waals surface area contributed by atoms with Gasteiger partial charge in [-0.3, -0.25) is 0 Å². The monoisotopic (exact) mass is 188 g/mol. The molecular formula is C10H20O3. The lowest BCUT2D eigenvalue weighted by Gasteiger charge is -1.99. The first-order chi connectivity index (χ1) is 6.18. The van der Waals surface area contributed by atoms with Crippen LogP contribution in [0.15, 0.2) is 25.7 Å². The SMILES string of the molecule is C=COC=C.CCCCCC(O)O. The Morgan fingerprint density at radius 2 is 1.77 bits per heavy atom. The first-order valence-corrected chi connectivity index (χ1v) is 4.42. The van der Waals surface area contributed by atoms with Crippen LogP contribution in [0.2, 0.25) is 0 Å². The van der Waals surface area contributed by atoms with Crippen LogP contribution in [0.25, 0.3) is 0 Å². The van der Waals surface area contributed by atoms with E-state index in [0.717, 1.165) is 19.3 Å². The van der Waals surface area contributed by atoms with Gasteiger partial charge in [0.15, 0.2) is 6.29 Å². The van der Waals surface area contributed by atoms with E-state index < -0.39 is 6.29 Å². The molecule has 0 rings (SSSR count). The van der Waals surface area contributed by atoms with E-state index in [1.807, 2.05) is 0 Å². The largest absolute Gasteiger partial charge is 0.474 e. The molecule has 0 unspecified atom stereocenters. The molecule has 0 radical (unpaired) electrons. The second kappa shape index (κ2) is 13.8. The number of aliphatic hydroxyl groups excluding tert-OH is 1. The fourth-order valence-corrected chi connectivity index (χ4v) is 0.645. The van der Waals surface area contributed by atoms with Gasteiger partial charge in [0.2, 0.25) is 0 Å². The molecule has 0 atom stereocenters. The molecule has 0 aliphatic rings. The van der Waals surface area contributed by atoms with Crippen LogP contribution >= 0.6 is 0 Å². The van der Waals surface area contributed by atoms with Gasteiger partial charge >= 0.3 is 0 Å². The zero-order chi connectivity index (χ0) is 10.5. The molecule has 0 aromatic rings. The van der Waals surface area contributed by atoms with E-state index in [1.165, 1.54) is 12.5 Å². The van der Waals surface area contributed by atoms with Crippen molar-refractivity contribution in [3.63, 3.8) is 0 Å². The van der Waals surface area contributed by atoms with Crippen LogP contribution in [0.1, 0.15) is 32.6 Å². The van der Waals surface area contributed by atoms with E-state index in [-0.39, 0.29) is 0 Å². The molecule has 3 nitrogen and oxygen atoms in total. The molecule has 0 aromatic heterocycles. The first kappa shape index (κ1) is 14.7. The van der Waals surface area contributed by atoms with Gasteiger partial charge in [-0.05, 0) is 12.8 Å². The van der Waals surface area contributed by atoms with E-state index >= 15 is 0 Å². The third-order valence-electron chi connectivity index (χ3n) is 1.26. The van der Waals surface area contributed by atoms with Gasteiger partial charge in [0, 0.05) is 0 Å². The average molecular weight is 188 g/mol. The molecule has 0 spiro atoms. The summed E-state index contributed by atoms with van der Waals surface area (Å²) in [4.78, 5) is 0. The molecule has 0 aliphatic heterocycles. The van der Waals surface area contributed by atoms with E-state index in [9.17, 15) is 0 Å². The van der Waals surface area contributed by atoms with Crippen LogP contribution in [0.3, 0.4) is 0 Å². The van der Waals surface area contributed by atoms with Crippen LogP contribution in [-0.2, 0) is 4.74 Å². The van der Waals surface area contributed by atoms with E-state index in [2.05, 4.69) is 24.8 Å². The maximum Gasteiger partial charge on any atom is 0.151 e. The predicted octanol–water partition coefficient (Wildman–Crippen LogP) is 2.17. The normalized spacial score (nSPS) is 8.62. The third-order valence-corrected chi connectivity index (χ3v) is 1.26. The highest BCUT2D eigenvalue weighted by Crippen LogP contribution is 1.99. The molecule has 0 aliphatic carbocycles. The van der Waals surface area contributed by atoms with Crippen molar-refractivity contribution in [1.82, 2.24) is 0 Å². The molecule has 0 fully saturated rings. The zero-order valence-corrected chi connectivity index (χ0v) is 8.28. The molecule has 0 saturated heterocycles. The Morgan fingerprint density at radius 1 is 1.23 bits per heavy atom. The summed E-state index contributed by atoms with van der Waals surface area (Å²) in [6, 6.07) is 0. The standard InChI is InChI=1S/C6H14O2.C4H6O/c1-2-3-4-5-6(7)8;1-3-5-4-2/h6-8H,2-5H2,1H3;3-4H,1-2H2. The number of unbranched alkanes of at least 4 members (excludes halogenated alkanes) is 2. The molecule has 13 heavy (non-hydrogen) atoms. The van der Waals surface area contributed by atoms with Gasteiger partial charge in [-0.15, -0.1) is 0 Å². The minimum Gasteiger partial charge on any atom is -0.474 e. The highest BCUT2D eigenvalue weighted by atomic mass is 16.5. The average Bonchev–Trinajstić information content (AvgIpc) is 2.07. The summed E-state index contributed by atoms with van der Waals surface area (Å²) in [5, 5.41) is 16.7. The quantitative estimate of drug-likeness (QED) is 0.381. The summed E-state index contributed by atoms with van der Waals surface area (Å²) in [5.41, 5.74) is 0. The fourth-order valence-electron chi connectivity index (χ4n) is 0.645. The summed E-state index contributed by atoms with van der Waals surface area (Å²) >= 11 is 0. The number of aliphatic hydroxyl groups is 2. The van der Waals surface area contributed by atoms with E-state index in [4.69, 9.17) is 10.2 Å². The van der Waals surface area contributed by atoms with E-state index in [0.29, 0.717) is 6.42 Å². The predicted molar refractivity (Wildman–Crippen MR) is 53.8 cm³/mol. The van der Waals surface area contributed by atoms with Gasteiger partial charge in [-0.25, -0.2) is 0 Å². The minimum atomic E-state index is -1.10. The molecule has 78 valence electrons. The Bertz CT molecular complexity index is 105. The lowest BCUT2D eigenvalue weighted by molar-refractivity contribution is -0.0465. The fraction of sp³-hybridized carbons (Fsp3) is 0.600. The van der Waals surface area contributed by atoms with Gasteiger partial charge in [-0.1, -0.05) is 32.9 Å². The van der Waals surface area contributed by atoms with Gasteiger partial charge in [-0.2, -0.15) is 0 Å². The van der Waals surface area contributed by atoms with Crippen molar-refractivity contribution >= 4 is 0 Å². The van der Waals surface area contributed by atoms with Crippen molar-refractivity contribution in [1.29, 1.82) is 0 Å². The van der Waals surface area contributed by atoms with Crippen molar-refractivity contribution in [2.24, 2.45) is 0 Å². The Hall–Kier alpha value is -0.800. The lowest BCUT2D eigenvalue weighted by Crippen LogP contribution is -2.02. The van der Waals surface area contributed by atoms with Crippen molar-refractivity contribution in [3.05, 3.63) is 25.7 Å². The molecule has 0 amide bonds. The summed E-state index contributed by atoms with van der Waals surface area (Å²) < 4.78 is 4.36. The van der Waals surface area contributed by atoms with Crippen LogP contribution in [0, 0.1) is 0 Å². The molecule has 0 saturated carbocycles. The second-order valence-electron chi connectivity index (χ2n) is 2.45. The molecule has 0 aromatic carbocycles. The molecule has 2 N–H and O–H groups in total. The smallest absolute Gasteiger partial charge is 0.151 e. The third kappa shape index (κ3) is 24.7. The van der Waals surface area contributed by atoms with Crippen molar-refractivity contribution in [2.45, 2.75) is 38.9 Å². The Morgan fingerprint density at radius 3 is 2.00 bits per heavy atom. The Balaban J connectivity index is 0. The van der Waals surface area contributed by atoms with Crippen molar-refractivity contribution < 1.29 is 14.9 Å². The Labute approximate surface area is 80.4 Å². The minimum absolute atomic E-state index is 0.522. The van der Waals surface area contributed by atoms with Gasteiger partial charge in [0.1, 0.15) is 0 Å². The Kier molecular flexibility index (Phi) is 15.6. The van der Waals surface area contributed by atoms with Crippen LogP contribution in [0.4, 0.5) is 0 Å². The summed E-state index contributed by atoms with van der Waals surface area (Å²) in [6.45, 7) is 8.60. The van der Waals surface area contributed by atoms with Gasteiger partial charge in [0.25, 0.3) is 0 Å². The first-order valence-electron chi connectivity index (χ1n) is 4.42. The maximum absolute atomic E-state index is 8.33. The zero-order valence-electron chi connectivity index (χ0n) is 8.28. The summed E-state index contributed by atoms with van der Waals surface area (Å²) in [6.07, 6.45) is 5.20. The number of rotatable bonds is 6. The highest BCUT2D eigenvalue weighted by Gasteiger charge is 1.93. The lowest BCUT2D eigenvalue weighted by atomic mass is 10.2. The second-order valence-corrected chi connectivity index (χ2v) is 2.45. The van der Waals surface area contributed by atoms with Gasteiger partial charge in [0.05, 0.1) is 12.5 Å². The van der Waals surface area contributed by atoms with Gasteiger partial charge < -0.3 is 14.9 Å². The summed E-state index contributed by atoms with van der Waals surface area (Å²) in [7, 11) is 0. The van der Waals surface area contributed by atoms with Crippen LogP contribution in [-0.4, -0.2) is 16.5 Å². The number of hydrogen-bond acceptors (Lipinski definition) is 3. The molecular weight excluding hydrogens is 168 g/mol. The van der Waals surface area contributed by atoms with Crippen molar-refractivity contribution in [2.75, 3.05) is 0 Å².